The highest BCUT2D eigenvalue weighted by Crippen LogP contribution is 2.24. The number of urea groups is 1. The summed E-state index contributed by atoms with van der Waals surface area (Å²) in [7, 11) is 0. The first-order chi connectivity index (χ1) is 19.0. The van der Waals surface area contributed by atoms with Crippen molar-refractivity contribution in [3.63, 3.8) is 0 Å². The molecular weight excluding hydrogens is 537 g/mol. The smallest absolute Gasteiger partial charge is 0.347 e. The molecular formula is C26H29F3N4O7. The number of alkyl halides is 3. The second-order valence-corrected chi connectivity index (χ2v) is 8.35. The maximum Gasteiger partial charge on any atom is 0.495 e. The van der Waals surface area contributed by atoms with Crippen molar-refractivity contribution in [3.8, 4) is 11.1 Å². The third-order valence-corrected chi connectivity index (χ3v) is 5.19. The van der Waals surface area contributed by atoms with E-state index >= 15 is 0 Å². The Kier molecular flexibility index (Phi) is 12.4. The second kappa shape index (κ2) is 15.7. The first-order valence-electron chi connectivity index (χ1n) is 12.2. The van der Waals surface area contributed by atoms with Gasteiger partial charge in [-0.05, 0) is 23.1 Å². The van der Waals surface area contributed by atoms with Crippen LogP contribution in [0.4, 0.5) is 18.0 Å². The molecule has 1 atom stereocenters. The molecule has 216 valence electrons. The Morgan fingerprint density at radius 3 is 2.05 bits per heavy atom. The number of halogens is 3. The van der Waals surface area contributed by atoms with E-state index in [4.69, 9.17) is 0 Å². The lowest BCUT2D eigenvalue weighted by molar-refractivity contribution is -0.286. The molecule has 0 heterocycles. The van der Waals surface area contributed by atoms with E-state index in [1.807, 2.05) is 37.3 Å². The number of hydrogen-bond donors (Lipinski definition) is 4. The van der Waals surface area contributed by atoms with Crippen LogP contribution in [0.5, 0.6) is 0 Å². The van der Waals surface area contributed by atoms with E-state index in [0.717, 1.165) is 17.5 Å². The highest BCUT2D eigenvalue weighted by molar-refractivity contribution is 5.85. The number of carbonyl (C=O) groups excluding carboxylic acids is 5. The Morgan fingerprint density at radius 2 is 1.43 bits per heavy atom. The monoisotopic (exact) mass is 566 g/mol. The molecule has 0 aromatic heterocycles. The Balaban J connectivity index is 1.99. The molecule has 0 aliphatic rings. The number of amides is 4. The molecule has 2 aromatic carbocycles. The number of hydrogen-bond acceptors (Lipinski definition) is 7. The zero-order valence-electron chi connectivity index (χ0n) is 21.5. The molecule has 0 saturated heterocycles. The summed E-state index contributed by atoms with van der Waals surface area (Å²) in [5.74, 6) is -5.33. The minimum absolute atomic E-state index is 0.0296. The van der Waals surface area contributed by atoms with Gasteiger partial charge in [0.05, 0.1) is 19.0 Å². The van der Waals surface area contributed by atoms with E-state index < -0.39 is 55.0 Å². The lowest BCUT2D eigenvalue weighted by atomic mass is 9.99. The molecule has 4 N–H and O–H groups in total. The molecule has 2 rings (SSSR count). The van der Waals surface area contributed by atoms with Crippen molar-refractivity contribution in [1.82, 2.24) is 21.3 Å². The SMILES string of the molecule is CCCNC(=O)NCCC(=O)NCC(=O)NC(CC(=O)OOC(=O)C(F)(F)F)c1ccc(-c2ccccc2)cc1. The summed E-state index contributed by atoms with van der Waals surface area (Å²) in [6, 6.07) is 14.4. The van der Waals surface area contributed by atoms with E-state index in [1.165, 1.54) is 0 Å². The van der Waals surface area contributed by atoms with Crippen molar-refractivity contribution in [3.05, 3.63) is 60.2 Å². The van der Waals surface area contributed by atoms with Crippen molar-refractivity contribution < 1.29 is 46.9 Å². The topological polar surface area (TPSA) is 152 Å². The summed E-state index contributed by atoms with van der Waals surface area (Å²) in [6.07, 6.45) is -5.41. The molecule has 0 bridgehead atoms. The minimum Gasteiger partial charge on any atom is -0.347 e. The number of rotatable bonds is 12. The fourth-order valence-electron chi connectivity index (χ4n) is 3.23. The molecule has 0 aliphatic heterocycles. The molecule has 4 amide bonds. The van der Waals surface area contributed by atoms with Crippen LogP contribution in [0.25, 0.3) is 11.1 Å². The molecule has 0 radical (unpaired) electrons. The van der Waals surface area contributed by atoms with Crippen LogP contribution in [0.2, 0.25) is 0 Å². The standard InChI is InChI=1S/C26H29F3N4O7/c1-2-13-30-25(38)31-14-12-21(34)32-16-22(35)33-20(15-23(36)39-40-24(37)26(27,28)29)19-10-8-18(9-11-19)17-6-4-3-5-7-17/h3-11,20H,2,12-16H2,1H3,(H,32,34)(H,33,35)(H2,30,31,38). The molecule has 2 aromatic rings. The molecule has 40 heavy (non-hydrogen) atoms. The van der Waals surface area contributed by atoms with Crippen molar-refractivity contribution in [2.45, 2.75) is 38.4 Å². The van der Waals surface area contributed by atoms with Gasteiger partial charge in [-0.25, -0.2) is 24.2 Å². The number of nitrogens with one attached hydrogen (secondary N) is 4. The van der Waals surface area contributed by atoms with Crippen LogP contribution in [-0.4, -0.2) is 55.6 Å². The summed E-state index contributed by atoms with van der Waals surface area (Å²) in [5.41, 5.74) is 2.11. The van der Waals surface area contributed by atoms with Gasteiger partial charge >= 0.3 is 24.1 Å². The van der Waals surface area contributed by atoms with Crippen LogP contribution < -0.4 is 21.3 Å². The van der Waals surface area contributed by atoms with Crippen LogP contribution >= 0.6 is 0 Å². The summed E-state index contributed by atoms with van der Waals surface area (Å²) in [6.45, 7) is 1.90. The van der Waals surface area contributed by atoms with Gasteiger partial charge in [0.1, 0.15) is 0 Å². The van der Waals surface area contributed by atoms with Gasteiger partial charge < -0.3 is 21.3 Å². The Bertz CT molecular complexity index is 1160. The average Bonchev–Trinajstić information content (AvgIpc) is 2.93. The predicted molar refractivity (Wildman–Crippen MR) is 135 cm³/mol. The summed E-state index contributed by atoms with van der Waals surface area (Å²) < 4.78 is 36.9. The lowest BCUT2D eigenvalue weighted by Crippen LogP contribution is -2.41. The second-order valence-electron chi connectivity index (χ2n) is 8.35. The fourth-order valence-corrected chi connectivity index (χ4v) is 3.23. The van der Waals surface area contributed by atoms with E-state index in [0.29, 0.717) is 12.1 Å². The van der Waals surface area contributed by atoms with Crippen molar-refractivity contribution in [2.24, 2.45) is 0 Å². The van der Waals surface area contributed by atoms with Crippen LogP contribution in [0.15, 0.2) is 54.6 Å². The van der Waals surface area contributed by atoms with E-state index in [9.17, 15) is 37.1 Å². The summed E-state index contributed by atoms with van der Waals surface area (Å²) in [5, 5.41) is 9.93. The molecule has 0 saturated carbocycles. The third-order valence-electron chi connectivity index (χ3n) is 5.19. The largest absolute Gasteiger partial charge is 0.495 e. The fraction of sp³-hybridized carbons (Fsp3) is 0.346. The molecule has 1 unspecified atom stereocenters. The first-order valence-corrected chi connectivity index (χ1v) is 12.2. The van der Waals surface area contributed by atoms with Crippen LogP contribution in [0.3, 0.4) is 0 Å². The van der Waals surface area contributed by atoms with Crippen LogP contribution in [0.1, 0.15) is 37.8 Å². The van der Waals surface area contributed by atoms with E-state index in [1.54, 1.807) is 24.3 Å². The zero-order chi connectivity index (χ0) is 29.5. The highest BCUT2D eigenvalue weighted by Gasteiger charge is 2.43. The Labute approximate surface area is 227 Å². The molecule has 14 heteroatoms. The highest BCUT2D eigenvalue weighted by atomic mass is 19.4. The zero-order valence-corrected chi connectivity index (χ0v) is 21.5. The van der Waals surface area contributed by atoms with Crippen molar-refractivity contribution >= 4 is 29.8 Å². The Hall–Kier alpha value is -4.62. The van der Waals surface area contributed by atoms with Gasteiger partial charge in [0, 0.05) is 19.5 Å². The minimum atomic E-state index is -5.37. The van der Waals surface area contributed by atoms with Crippen LogP contribution in [0, 0.1) is 0 Å². The third kappa shape index (κ3) is 11.4. The van der Waals surface area contributed by atoms with Crippen molar-refractivity contribution in [2.75, 3.05) is 19.6 Å². The number of carbonyl (C=O) groups is 5. The van der Waals surface area contributed by atoms with Gasteiger partial charge in [0.25, 0.3) is 0 Å². The van der Waals surface area contributed by atoms with Crippen molar-refractivity contribution in [1.29, 1.82) is 0 Å². The molecule has 0 aliphatic carbocycles. The normalized spacial score (nSPS) is 11.5. The molecule has 0 fully saturated rings. The van der Waals surface area contributed by atoms with Gasteiger partial charge in [-0.15, -0.1) is 0 Å². The average molecular weight is 567 g/mol. The van der Waals surface area contributed by atoms with Gasteiger partial charge in [-0.2, -0.15) is 13.2 Å². The molecule has 11 nitrogen and oxygen atoms in total. The quantitative estimate of drug-likeness (QED) is 0.228. The lowest BCUT2D eigenvalue weighted by Gasteiger charge is -2.19. The maximum absolute atomic E-state index is 12.5. The van der Waals surface area contributed by atoms with Crippen LogP contribution in [-0.2, 0) is 29.0 Å². The maximum atomic E-state index is 12.5. The Morgan fingerprint density at radius 1 is 0.800 bits per heavy atom. The molecule has 0 spiro atoms. The van der Waals surface area contributed by atoms with Gasteiger partial charge in [0.2, 0.25) is 11.8 Å². The van der Waals surface area contributed by atoms with Gasteiger partial charge in [-0.3, -0.25) is 9.59 Å². The summed E-state index contributed by atoms with van der Waals surface area (Å²) >= 11 is 0. The first kappa shape index (κ1) is 31.6. The summed E-state index contributed by atoms with van der Waals surface area (Å²) in [4.78, 5) is 66.4. The van der Waals surface area contributed by atoms with Gasteiger partial charge in [-0.1, -0.05) is 61.5 Å². The number of benzene rings is 2. The van der Waals surface area contributed by atoms with E-state index in [-0.39, 0.29) is 13.0 Å². The van der Waals surface area contributed by atoms with E-state index in [2.05, 4.69) is 31.0 Å². The predicted octanol–water partition coefficient (Wildman–Crippen LogP) is 2.68. The van der Waals surface area contributed by atoms with Gasteiger partial charge in [0.15, 0.2) is 0 Å².